The van der Waals surface area contributed by atoms with E-state index in [2.05, 4.69) is 39.8 Å². The summed E-state index contributed by atoms with van der Waals surface area (Å²) in [5.41, 5.74) is 8.02. The van der Waals surface area contributed by atoms with Gasteiger partial charge in [-0.05, 0) is 56.3 Å². The van der Waals surface area contributed by atoms with E-state index in [0.717, 1.165) is 31.3 Å². The van der Waals surface area contributed by atoms with Crippen LogP contribution in [-0.2, 0) is 4.79 Å². The van der Waals surface area contributed by atoms with Crippen LogP contribution in [-0.4, -0.2) is 5.78 Å². The third-order valence-corrected chi connectivity index (χ3v) is 9.82. The Morgan fingerprint density at radius 2 is 0.923 bits per heavy atom. The van der Waals surface area contributed by atoms with Crippen molar-refractivity contribution in [2.24, 2.45) is 5.41 Å². The van der Waals surface area contributed by atoms with Crippen LogP contribution in [0.15, 0.2) is 45.6 Å². The van der Waals surface area contributed by atoms with Crippen LogP contribution in [0.5, 0.6) is 0 Å². The Balaban J connectivity index is 1.55. The first kappa shape index (κ1) is 32.1. The van der Waals surface area contributed by atoms with Crippen LogP contribution in [0.3, 0.4) is 0 Å². The molecule has 39 heavy (non-hydrogen) atoms. The molecule has 220 valence electrons. The molecule has 1 nitrogen and oxygen atoms in total. The van der Waals surface area contributed by atoms with Gasteiger partial charge in [0.25, 0.3) is 0 Å². The summed E-state index contributed by atoms with van der Waals surface area (Å²) < 4.78 is 0. The molecule has 0 aliphatic heterocycles. The number of fused-ring (bicyclic) bond motifs is 1. The minimum Gasteiger partial charge on any atom is -0.293 e. The zero-order valence-electron chi connectivity index (χ0n) is 26.5. The Labute approximate surface area is 243 Å². The van der Waals surface area contributed by atoms with E-state index in [0.29, 0.717) is 5.78 Å². The predicted octanol–water partition coefficient (Wildman–Crippen LogP) is 12.5. The number of allylic oxidation sites excluding steroid dienone is 8. The fourth-order valence-electron chi connectivity index (χ4n) is 7.52. The Morgan fingerprint density at radius 3 is 1.38 bits per heavy atom. The van der Waals surface area contributed by atoms with E-state index in [4.69, 9.17) is 0 Å². The number of unbranched alkanes of at least 4 members (excludes halogenated alkanes) is 18. The van der Waals surface area contributed by atoms with Crippen LogP contribution in [0.1, 0.15) is 182 Å². The van der Waals surface area contributed by atoms with Crippen molar-refractivity contribution in [3.63, 3.8) is 0 Å². The third kappa shape index (κ3) is 9.33. The topological polar surface area (TPSA) is 17.1 Å². The maximum absolute atomic E-state index is 14.3. The van der Waals surface area contributed by atoms with Crippen LogP contribution >= 0.6 is 0 Å². The lowest BCUT2D eigenvalue weighted by atomic mass is 9.63. The van der Waals surface area contributed by atoms with Gasteiger partial charge in [0.2, 0.25) is 0 Å². The van der Waals surface area contributed by atoms with Gasteiger partial charge in [0, 0.05) is 5.57 Å². The molecule has 0 amide bonds. The van der Waals surface area contributed by atoms with Gasteiger partial charge in [-0.25, -0.2) is 0 Å². The summed E-state index contributed by atoms with van der Waals surface area (Å²) in [6, 6.07) is 0. The highest BCUT2D eigenvalue weighted by Crippen LogP contribution is 2.55. The van der Waals surface area contributed by atoms with Gasteiger partial charge >= 0.3 is 0 Å². The van der Waals surface area contributed by atoms with Crippen LogP contribution in [0.2, 0.25) is 0 Å². The molecular weight excluding hydrogens is 472 g/mol. The van der Waals surface area contributed by atoms with Crippen molar-refractivity contribution in [1.82, 2.24) is 0 Å². The van der Waals surface area contributed by atoms with Gasteiger partial charge in [-0.2, -0.15) is 0 Å². The summed E-state index contributed by atoms with van der Waals surface area (Å²) in [4.78, 5) is 14.3. The van der Waals surface area contributed by atoms with E-state index in [1.165, 1.54) is 156 Å². The van der Waals surface area contributed by atoms with Gasteiger partial charge in [-0.15, -0.1) is 0 Å². The van der Waals surface area contributed by atoms with Gasteiger partial charge in [0.15, 0.2) is 5.78 Å². The molecule has 0 atom stereocenters. The number of hydrogen-bond acceptors (Lipinski definition) is 1. The number of hydrogen-bond donors (Lipinski definition) is 0. The third-order valence-electron chi connectivity index (χ3n) is 9.82. The predicted molar refractivity (Wildman–Crippen MR) is 171 cm³/mol. The van der Waals surface area contributed by atoms with Crippen molar-refractivity contribution < 1.29 is 4.79 Å². The minimum absolute atomic E-state index is 0.257. The molecule has 0 N–H and O–H groups in total. The average Bonchev–Trinajstić information content (AvgIpc) is 3.51. The smallest absolute Gasteiger partial charge is 0.173 e. The lowest BCUT2D eigenvalue weighted by molar-refractivity contribution is -0.123. The standard InChI is InChI=1S/C38H62O/c1-5-7-9-11-13-15-17-19-21-23-25-38(26-24-22-20-18-16-14-12-10-8-6-2)36-30-32(4)28-34(36)33-27-31(3)29-35(33)37(38)39/h29-30H,5-28H2,1-4H3. The molecule has 0 aromatic rings. The van der Waals surface area contributed by atoms with Crippen LogP contribution in [0.25, 0.3) is 0 Å². The lowest BCUT2D eigenvalue weighted by Gasteiger charge is -2.38. The van der Waals surface area contributed by atoms with Gasteiger partial charge in [0.1, 0.15) is 0 Å². The highest BCUT2D eigenvalue weighted by atomic mass is 16.1. The Morgan fingerprint density at radius 1 is 0.538 bits per heavy atom. The largest absolute Gasteiger partial charge is 0.293 e. The summed E-state index contributed by atoms with van der Waals surface area (Å²) in [6.45, 7) is 9.09. The van der Waals surface area contributed by atoms with Crippen molar-refractivity contribution in [1.29, 1.82) is 0 Å². The summed E-state index contributed by atoms with van der Waals surface area (Å²) >= 11 is 0. The van der Waals surface area contributed by atoms with Gasteiger partial charge in [-0.3, -0.25) is 4.79 Å². The molecular formula is C38H62O. The molecule has 0 fully saturated rings. The number of carbonyl (C=O) groups excluding carboxylic acids is 1. The van der Waals surface area contributed by atoms with Crippen molar-refractivity contribution in [3.05, 3.63) is 45.6 Å². The average molecular weight is 535 g/mol. The number of Topliss-reactive ketones (excluding diaryl/α,β-unsaturated/α-hetero) is 1. The second-order valence-electron chi connectivity index (χ2n) is 13.4. The summed E-state index contributed by atoms with van der Waals surface area (Å²) in [5, 5.41) is 0. The van der Waals surface area contributed by atoms with E-state index in [-0.39, 0.29) is 5.41 Å². The van der Waals surface area contributed by atoms with Crippen LogP contribution < -0.4 is 0 Å². The molecule has 1 heteroatoms. The quantitative estimate of drug-likeness (QED) is 0.126. The van der Waals surface area contributed by atoms with Crippen molar-refractivity contribution in [3.8, 4) is 0 Å². The highest BCUT2D eigenvalue weighted by Gasteiger charge is 2.48. The molecule has 0 radical (unpaired) electrons. The molecule has 0 spiro atoms. The molecule has 0 heterocycles. The highest BCUT2D eigenvalue weighted by molar-refractivity contribution is 6.09. The molecule has 3 rings (SSSR count). The summed E-state index contributed by atoms with van der Waals surface area (Å²) in [7, 11) is 0. The molecule has 0 saturated carbocycles. The molecule has 3 aliphatic rings. The first-order valence-corrected chi connectivity index (χ1v) is 17.4. The second kappa shape index (κ2) is 17.4. The minimum atomic E-state index is -0.257. The fraction of sp³-hybridized carbons (Fsp3) is 0.763. The van der Waals surface area contributed by atoms with E-state index >= 15 is 0 Å². The maximum Gasteiger partial charge on any atom is 0.173 e. The Hall–Kier alpha value is -1.37. The Kier molecular flexibility index (Phi) is 14.4. The number of ketones is 1. The molecule has 0 bridgehead atoms. The fourth-order valence-corrected chi connectivity index (χ4v) is 7.52. The van der Waals surface area contributed by atoms with Gasteiger partial charge < -0.3 is 0 Å². The van der Waals surface area contributed by atoms with Crippen LogP contribution in [0, 0.1) is 5.41 Å². The maximum atomic E-state index is 14.3. The van der Waals surface area contributed by atoms with E-state index < -0.39 is 0 Å². The second-order valence-corrected chi connectivity index (χ2v) is 13.4. The molecule has 0 aromatic carbocycles. The van der Waals surface area contributed by atoms with Crippen molar-refractivity contribution in [2.75, 3.05) is 0 Å². The normalized spacial score (nSPS) is 18.1. The Bertz CT molecular complexity index is 868. The zero-order valence-corrected chi connectivity index (χ0v) is 26.5. The van der Waals surface area contributed by atoms with E-state index in [1.54, 1.807) is 0 Å². The molecule has 0 unspecified atom stereocenters. The van der Waals surface area contributed by atoms with E-state index in [9.17, 15) is 4.79 Å². The van der Waals surface area contributed by atoms with E-state index in [1.807, 2.05) is 0 Å². The summed E-state index contributed by atoms with van der Waals surface area (Å²) in [6.07, 6.45) is 36.0. The summed E-state index contributed by atoms with van der Waals surface area (Å²) in [5.74, 6) is 0.478. The monoisotopic (exact) mass is 534 g/mol. The first-order valence-electron chi connectivity index (χ1n) is 17.4. The van der Waals surface area contributed by atoms with Gasteiger partial charge in [-0.1, -0.05) is 166 Å². The van der Waals surface area contributed by atoms with Crippen molar-refractivity contribution >= 4 is 5.78 Å². The van der Waals surface area contributed by atoms with Gasteiger partial charge in [0.05, 0.1) is 5.41 Å². The van der Waals surface area contributed by atoms with Crippen molar-refractivity contribution in [2.45, 2.75) is 182 Å². The molecule has 3 aliphatic carbocycles. The SMILES string of the molecule is CCCCCCCCCCCCC1(CCCCCCCCCCCC)C(=O)C2=C(CC(C)=C2)C2=C1C=C(C)C2. The van der Waals surface area contributed by atoms with Crippen LogP contribution in [0.4, 0.5) is 0 Å². The lowest BCUT2D eigenvalue weighted by Crippen LogP contribution is -2.37. The number of rotatable bonds is 22. The number of carbonyl (C=O) groups is 1. The zero-order chi connectivity index (χ0) is 27.9. The first-order chi connectivity index (χ1) is 19.0. The molecule has 0 aromatic heterocycles. The molecule has 0 saturated heterocycles.